The molecule has 0 fully saturated rings. The number of amides is 1. The van der Waals surface area contributed by atoms with Crippen LogP contribution in [0.3, 0.4) is 0 Å². The third-order valence-electron chi connectivity index (χ3n) is 4.13. The number of ketones is 1. The zero-order valence-corrected chi connectivity index (χ0v) is 16.6. The summed E-state index contributed by atoms with van der Waals surface area (Å²) >= 11 is 1.36. The van der Waals surface area contributed by atoms with Crippen molar-refractivity contribution in [2.45, 2.75) is 45.1 Å². The average Bonchev–Trinajstić information content (AvgIpc) is 3.12. The lowest BCUT2D eigenvalue weighted by atomic mass is 10.1. The molecule has 1 heterocycles. The first-order valence-electron chi connectivity index (χ1n) is 9.20. The van der Waals surface area contributed by atoms with Gasteiger partial charge in [-0.15, -0.1) is 11.3 Å². The van der Waals surface area contributed by atoms with E-state index in [9.17, 15) is 9.59 Å². The van der Waals surface area contributed by atoms with Gasteiger partial charge in [-0.3, -0.25) is 14.6 Å². The minimum Gasteiger partial charge on any atom is -0.370 e. The van der Waals surface area contributed by atoms with E-state index in [0.29, 0.717) is 36.8 Å². The van der Waals surface area contributed by atoms with Crippen LogP contribution in [0, 0.1) is 0 Å². The number of carbonyl (C=O) groups is 2. The van der Waals surface area contributed by atoms with Crippen molar-refractivity contribution in [1.82, 2.24) is 15.6 Å². The molecule has 2 rings (SSSR count). The van der Waals surface area contributed by atoms with Crippen molar-refractivity contribution < 1.29 is 9.59 Å². The highest BCUT2D eigenvalue weighted by molar-refractivity contribution is 7.20. The van der Waals surface area contributed by atoms with Crippen molar-refractivity contribution in [3.05, 3.63) is 29.3 Å². The summed E-state index contributed by atoms with van der Waals surface area (Å²) < 4.78 is 0.963. The number of Topliss-reactive ketones (excluding diaryl/α,β-unsaturated/α-hetero) is 1. The van der Waals surface area contributed by atoms with Gasteiger partial charge in [-0.25, -0.2) is 4.98 Å². The molecule has 0 saturated heterocycles. The quantitative estimate of drug-likeness (QED) is 0.250. The second kappa shape index (κ2) is 10.6. The maximum Gasteiger partial charge on any atom is 0.220 e. The molecule has 1 aromatic heterocycles. The Kier molecular flexibility index (Phi) is 8.19. The number of nitrogens with zero attached hydrogens (tertiary/aromatic N) is 2. The van der Waals surface area contributed by atoms with Crippen LogP contribution in [0.4, 0.5) is 0 Å². The van der Waals surface area contributed by atoms with Gasteiger partial charge in [-0.2, -0.15) is 0 Å². The fraction of sp³-hybridized carbons (Fsp3) is 0.474. The van der Waals surface area contributed by atoms with Crippen LogP contribution < -0.4 is 16.4 Å². The number of hydrogen-bond acceptors (Lipinski definition) is 5. The Bertz CT molecular complexity index is 769. The zero-order valence-electron chi connectivity index (χ0n) is 15.8. The summed E-state index contributed by atoms with van der Waals surface area (Å²) in [5.74, 6) is 0.119. The van der Waals surface area contributed by atoms with E-state index in [-0.39, 0.29) is 11.7 Å². The van der Waals surface area contributed by atoms with Crippen LogP contribution in [0.2, 0.25) is 0 Å². The van der Waals surface area contributed by atoms with Crippen molar-refractivity contribution in [2.24, 2.45) is 10.7 Å². The normalized spacial score (nSPS) is 12.7. The Morgan fingerprint density at radius 3 is 2.78 bits per heavy atom. The molecule has 0 radical (unpaired) electrons. The van der Waals surface area contributed by atoms with Crippen molar-refractivity contribution in [2.75, 3.05) is 13.6 Å². The molecule has 7 nitrogen and oxygen atoms in total. The van der Waals surface area contributed by atoms with Gasteiger partial charge in [0.05, 0.1) is 16.3 Å². The minimum atomic E-state index is -0.587. The molecular weight excluding hydrogens is 362 g/mol. The third-order valence-corrected chi connectivity index (χ3v) is 5.18. The summed E-state index contributed by atoms with van der Waals surface area (Å²) in [6.07, 6.45) is 3.35. The predicted molar refractivity (Wildman–Crippen MR) is 110 cm³/mol. The van der Waals surface area contributed by atoms with Gasteiger partial charge >= 0.3 is 0 Å². The summed E-state index contributed by atoms with van der Waals surface area (Å²) in [6, 6.07) is 7.05. The first-order valence-corrected chi connectivity index (χ1v) is 10.0. The van der Waals surface area contributed by atoms with E-state index in [0.717, 1.165) is 23.1 Å². The number of guanidine groups is 1. The summed E-state index contributed by atoms with van der Waals surface area (Å²) in [5, 5.41) is 6.28. The van der Waals surface area contributed by atoms with E-state index in [2.05, 4.69) is 20.6 Å². The zero-order chi connectivity index (χ0) is 19.6. The first-order chi connectivity index (χ1) is 13.0. The highest BCUT2D eigenvalue weighted by Gasteiger charge is 2.24. The lowest BCUT2D eigenvalue weighted by Crippen LogP contribution is -2.41. The Hall–Kier alpha value is -2.48. The van der Waals surface area contributed by atoms with E-state index in [1.807, 2.05) is 31.2 Å². The van der Waals surface area contributed by atoms with Gasteiger partial charge in [0.25, 0.3) is 0 Å². The molecule has 0 aliphatic rings. The molecule has 4 N–H and O–H groups in total. The number of unbranched alkanes of at least 4 members (excludes halogenated alkanes) is 1. The number of benzene rings is 1. The molecule has 27 heavy (non-hydrogen) atoms. The standard InChI is InChI=1S/C19H27N5O2S/c1-3-4-11-16(25)23-14(9-7-12-22-19(20)21-2)17(26)18-24-13-8-5-6-10-15(13)27-18/h5-6,8,10,14H,3-4,7,9,11-12H2,1-2H3,(H,23,25)(H3,20,21,22)/t14-/m0/s1. The summed E-state index contributed by atoms with van der Waals surface area (Å²) in [7, 11) is 1.61. The molecule has 0 bridgehead atoms. The molecule has 0 spiro atoms. The van der Waals surface area contributed by atoms with Crippen LogP contribution >= 0.6 is 11.3 Å². The van der Waals surface area contributed by atoms with Crippen molar-refractivity contribution in [3.8, 4) is 0 Å². The minimum absolute atomic E-state index is 0.0982. The van der Waals surface area contributed by atoms with Crippen LogP contribution in [-0.4, -0.2) is 42.3 Å². The summed E-state index contributed by atoms with van der Waals surface area (Å²) in [5.41, 5.74) is 6.41. The van der Waals surface area contributed by atoms with E-state index in [1.54, 1.807) is 7.05 Å². The van der Waals surface area contributed by atoms with Crippen molar-refractivity contribution in [1.29, 1.82) is 0 Å². The molecule has 0 saturated carbocycles. The van der Waals surface area contributed by atoms with E-state index in [4.69, 9.17) is 5.73 Å². The Morgan fingerprint density at radius 1 is 1.30 bits per heavy atom. The SMILES string of the molecule is CCCCC(=O)N[C@@H](CCCNC(N)=NC)C(=O)c1nc2ccccc2s1. The largest absolute Gasteiger partial charge is 0.370 e. The smallest absolute Gasteiger partial charge is 0.220 e. The maximum absolute atomic E-state index is 13.0. The third kappa shape index (κ3) is 6.32. The van der Waals surface area contributed by atoms with Crippen LogP contribution in [0.15, 0.2) is 29.3 Å². The summed E-state index contributed by atoms with van der Waals surface area (Å²) in [6.45, 7) is 2.61. The maximum atomic E-state index is 13.0. The molecule has 0 aliphatic heterocycles. The van der Waals surface area contributed by atoms with Gasteiger partial charge in [0.1, 0.15) is 0 Å². The Morgan fingerprint density at radius 2 is 2.07 bits per heavy atom. The number of fused-ring (bicyclic) bond motifs is 1. The molecule has 0 aliphatic carbocycles. The van der Waals surface area contributed by atoms with Gasteiger partial charge in [0.15, 0.2) is 11.0 Å². The fourth-order valence-corrected chi connectivity index (χ4v) is 3.56. The number of aromatic nitrogens is 1. The second-order valence-corrected chi connectivity index (χ2v) is 7.28. The highest BCUT2D eigenvalue weighted by atomic mass is 32.1. The van der Waals surface area contributed by atoms with Gasteiger partial charge in [0, 0.05) is 20.0 Å². The monoisotopic (exact) mass is 389 g/mol. The van der Waals surface area contributed by atoms with Gasteiger partial charge in [-0.05, 0) is 31.4 Å². The Balaban J connectivity index is 2.06. The lowest BCUT2D eigenvalue weighted by Gasteiger charge is -2.17. The van der Waals surface area contributed by atoms with Crippen LogP contribution in [0.5, 0.6) is 0 Å². The number of nitrogens with two attached hydrogens (primary N) is 1. The van der Waals surface area contributed by atoms with Crippen LogP contribution in [0.1, 0.15) is 48.8 Å². The van der Waals surface area contributed by atoms with Crippen molar-refractivity contribution in [3.63, 3.8) is 0 Å². The first kappa shape index (κ1) is 20.8. The number of carbonyl (C=O) groups excluding carboxylic acids is 2. The number of para-hydroxylation sites is 1. The molecule has 1 amide bonds. The number of thiazole rings is 1. The van der Waals surface area contributed by atoms with Crippen LogP contribution in [-0.2, 0) is 4.79 Å². The lowest BCUT2D eigenvalue weighted by molar-refractivity contribution is -0.121. The number of rotatable bonds is 10. The Labute approximate surface area is 163 Å². The summed E-state index contributed by atoms with van der Waals surface area (Å²) in [4.78, 5) is 33.4. The molecule has 146 valence electrons. The predicted octanol–water partition coefficient (Wildman–Crippen LogP) is 2.47. The molecule has 1 aromatic carbocycles. The molecular formula is C19H27N5O2S. The van der Waals surface area contributed by atoms with Crippen molar-refractivity contribution >= 4 is 39.2 Å². The molecule has 8 heteroatoms. The number of hydrogen-bond donors (Lipinski definition) is 3. The fourth-order valence-electron chi connectivity index (χ4n) is 2.60. The van der Waals surface area contributed by atoms with Crippen LogP contribution in [0.25, 0.3) is 10.2 Å². The number of nitrogens with one attached hydrogen (secondary N) is 2. The van der Waals surface area contributed by atoms with Gasteiger partial charge < -0.3 is 16.4 Å². The molecule has 1 atom stereocenters. The highest BCUT2D eigenvalue weighted by Crippen LogP contribution is 2.23. The van der Waals surface area contributed by atoms with E-state index >= 15 is 0 Å². The van der Waals surface area contributed by atoms with Gasteiger partial charge in [-0.1, -0.05) is 25.5 Å². The second-order valence-electron chi connectivity index (χ2n) is 6.25. The van der Waals surface area contributed by atoms with E-state index < -0.39 is 6.04 Å². The molecule has 2 aromatic rings. The van der Waals surface area contributed by atoms with Gasteiger partial charge in [0.2, 0.25) is 11.7 Å². The molecule has 0 unspecified atom stereocenters. The van der Waals surface area contributed by atoms with E-state index in [1.165, 1.54) is 11.3 Å². The topological polar surface area (TPSA) is 109 Å². The number of aliphatic imine (C=N–C) groups is 1. The average molecular weight is 390 g/mol.